The fourth-order valence-corrected chi connectivity index (χ4v) is 2.19. The summed E-state index contributed by atoms with van der Waals surface area (Å²) in [6.45, 7) is 1.90. The van der Waals surface area contributed by atoms with Crippen molar-refractivity contribution >= 4 is 33.7 Å². The van der Waals surface area contributed by atoms with Gasteiger partial charge < -0.3 is 5.32 Å². The fraction of sp³-hybridized carbons (Fsp3) is 0.176. The van der Waals surface area contributed by atoms with Gasteiger partial charge >= 0.3 is 0 Å². The van der Waals surface area contributed by atoms with Crippen LogP contribution in [0.5, 0.6) is 0 Å². The van der Waals surface area contributed by atoms with Gasteiger partial charge in [-0.15, -0.1) is 0 Å². The molecule has 0 radical (unpaired) electrons. The molecule has 23 heavy (non-hydrogen) atoms. The van der Waals surface area contributed by atoms with Crippen molar-refractivity contribution < 1.29 is 9.18 Å². The summed E-state index contributed by atoms with van der Waals surface area (Å²) >= 11 is 3.36. The molecule has 0 spiro atoms. The summed E-state index contributed by atoms with van der Waals surface area (Å²) in [5, 5.41) is 6.95. The predicted molar refractivity (Wildman–Crippen MR) is 94.0 cm³/mol. The molecule has 0 aromatic heterocycles. The molecule has 0 saturated heterocycles. The van der Waals surface area contributed by atoms with Gasteiger partial charge in [0.1, 0.15) is 11.9 Å². The lowest BCUT2D eigenvalue weighted by Crippen LogP contribution is -2.36. The van der Waals surface area contributed by atoms with E-state index in [0.29, 0.717) is 12.0 Å². The van der Waals surface area contributed by atoms with Crippen LogP contribution in [0.2, 0.25) is 0 Å². The van der Waals surface area contributed by atoms with Crippen LogP contribution in [0.15, 0.2) is 58.1 Å². The summed E-state index contributed by atoms with van der Waals surface area (Å²) in [7, 11) is 0. The van der Waals surface area contributed by atoms with Gasteiger partial charge in [0.15, 0.2) is 0 Å². The molecule has 2 aromatic carbocycles. The van der Waals surface area contributed by atoms with Crippen molar-refractivity contribution in [3.05, 3.63) is 64.4 Å². The molecule has 0 aliphatic carbocycles. The van der Waals surface area contributed by atoms with Gasteiger partial charge in [-0.1, -0.05) is 41.1 Å². The maximum Gasteiger partial charge on any atom is 0.262 e. The Labute approximate surface area is 142 Å². The molecule has 0 aliphatic heterocycles. The Morgan fingerprint density at radius 2 is 1.96 bits per heavy atom. The molecule has 0 heterocycles. The number of carbonyl (C=O) groups excluding carboxylic acids is 1. The highest BCUT2D eigenvalue weighted by molar-refractivity contribution is 9.10. The van der Waals surface area contributed by atoms with E-state index in [1.807, 2.05) is 31.2 Å². The monoisotopic (exact) mass is 377 g/mol. The second-order valence-electron chi connectivity index (χ2n) is 4.87. The van der Waals surface area contributed by atoms with Gasteiger partial charge in [-0.05, 0) is 36.8 Å². The van der Waals surface area contributed by atoms with Gasteiger partial charge in [0, 0.05) is 15.7 Å². The van der Waals surface area contributed by atoms with Crippen molar-refractivity contribution in [1.29, 1.82) is 0 Å². The zero-order valence-corrected chi connectivity index (χ0v) is 14.2. The normalized spacial score (nSPS) is 12.1. The first kappa shape index (κ1) is 17.1. The van der Waals surface area contributed by atoms with Crippen LogP contribution in [0, 0.1) is 5.82 Å². The van der Waals surface area contributed by atoms with Gasteiger partial charge in [0.2, 0.25) is 0 Å². The highest BCUT2D eigenvalue weighted by Crippen LogP contribution is 2.15. The second-order valence-corrected chi connectivity index (χ2v) is 5.78. The third-order valence-electron chi connectivity index (χ3n) is 3.19. The topological polar surface area (TPSA) is 53.5 Å². The lowest BCUT2D eigenvalue weighted by Gasteiger charge is -2.16. The minimum Gasteiger partial charge on any atom is -0.374 e. The number of nitrogens with zero attached hydrogens (tertiary/aromatic N) is 1. The zero-order valence-electron chi connectivity index (χ0n) is 12.6. The van der Waals surface area contributed by atoms with Crippen molar-refractivity contribution in [2.75, 3.05) is 5.32 Å². The molecule has 6 heteroatoms. The van der Waals surface area contributed by atoms with Crippen molar-refractivity contribution in [3.63, 3.8) is 0 Å². The van der Waals surface area contributed by atoms with E-state index in [1.54, 1.807) is 18.2 Å². The van der Waals surface area contributed by atoms with E-state index in [0.717, 1.165) is 10.2 Å². The molecule has 0 bridgehead atoms. The van der Waals surface area contributed by atoms with Gasteiger partial charge in [0.05, 0.1) is 6.21 Å². The number of rotatable bonds is 6. The van der Waals surface area contributed by atoms with Gasteiger partial charge in [-0.3, -0.25) is 4.79 Å². The van der Waals surface area contributed by atoms with Crippen LogP contribution in [0.3, 0.4) is 0 Å². The highest BCUT2D eigenvalue weighted by Gasteiger charge is 2.15. The molecule has 0 saturated carbocycles. The summed E-state index contributed by atoms with van der Waals surface area (Å²) in [5.41, 5.74) is 3.60. The van der Waals surface area contributed by atoms with Crippen molar-refractivity contribution in [1.82, 2.24) is 5.43 Å². The summed E-state index contributed by atoms with van der Waals surface area (Å²) in [4.78, 5) is 12.1. The lowest BCUT2D eigenvalue weighted by molar-refractivity contribution is -0.121. The number of hydrogen-bond donors (Lipinski definition) is 2. The first-order valence-electron chi connectivity index (χ1n) is 7.19. The van der Waals surface area contributed by atoms with Gasteiger partial charge in [0.25, 0.3) is 5.91 Å². The predicted octanol–water partition coefficient (Wildman–Crippen LogP) is 3.93. The number of carbonyl (C=O) groups is 1. The summed E-state index contributed by atoms with van der Waals surface area (Å²) in [6, 6.07) is 13.3. The van der Waals surface area contributed by atoms with Crippen LogP contribution in [0.25, 0.3) is 0 Å². The van der Waals surface area contributed by atoms with Crippen LogP contribution >= 0.6 is 15.9 Å². The average Bonchev–Trinajstić information content (AvgIpc) is 2.56. The van der Waals surface area contributed by atoms with E-state index in [4.69, 9.17) is 0 Å². The number of amides is 1. The molecular formula is C17H17BrFN3O. The highest BCUT2D eigenvalue weighted by atomic mass is 79.9. The first-order chi connectivity index (χ1) is 11.1. The molecular weight excluding hydrogens is 361 g/mol. The van der Waals surface area contributed by atoms with E-state index in [2.05, 4.69) is 31.8 Å². The first-order valence-corrected chi connectivity index (χ1v) is 7.99. The molecule has 1 atom stereocenters. The molecule has 2 N–H and O–H groups in total. The van der Waals surface area contributed by atoms with E-state index in [-0.39, 0.29) is 11.7 Å². The Morgan fingerprint density at radius 3 is 2.61 bits per heavy atom. The van der Waals surface area contributed by atoms with Crippen molar-refractivity contribution in [2.45, 2.75) is 19.4 Å². The van der Waals surface area contributed by atoms with E-state index < -0.39 is 6.04 Å². The molecule has 120 valence electrons. The Bertz CT molecular complexity index is 688. The Balaban J connectivity index is 1.95. The number of nitrogens with one attached hydrogen (secondary N) is 2. The Morgan fingerprint density at radius 1 is 1.26 bits per heavy atom. The summed E-state index contributed by atoms with van der Waals surface area (Å²) in [6.07, 6.45) is 1.89. The summed E-state index contributed by atoms with van der Waals surface area (Å²) in [5.74, 6) is -0.659. The number of halogens is 2. The molecule has 1 amide bonds. The Kier molecular flexibility index (Phi) is 6.29. The number of anilines is 1. The number of hydrazone groups is 1. The van der Waals surface area contributed by atoms with Gasteiger partial charge in [-0.2, -0.15) is 5.10 Å². The summed E-state index contributed by atoms with van der Waals surface area (Å²) < 4.78 is 14.4. The van der Waals surface area contributed by atoms with Gasteiger partial charge in [-0.25, -0.2) is 9.82 Å². The fourth-order valence-electron chi connectivity index (χ4n) is 1.92. The molecule has 0 unspecified atom stereocenters. The Hall–Kier alpha value is -2.21. The number of hydrogen-bond acceptors (Lipinski definition) is 3. The van der Waals surface area contributed by atoms with Crippen LogP contribution in [0.4, 0.5) is 10.1 Å². The van der Waals surface area contributed by atoms with Crippen molar-refractivity contribution in [2.24, 2.45) is 5.10 Å². The van der Waals surface area contributed by atoms with Crippen LogP contribution < -0.4 is 10.7 Å². The SMILES string of the molecule is CC[C@@H](Nc1ccc(Br)cc1)C(=O)N/N=C\c1ccccc1F. The molecule has 0 aliphatic rings. The number of benzene rings is 2. The van der Waals surface area contributed by atoms with E-state index in [9.17, 15) is 9.18 Å². The molecule has 2 rings (SSSR count). The minimum atomic E-state index is -0.422. The van der Waals surface area contributed by atoms with E-state index in [1.165, 1.54) is 12.3 Å². The molecule has 4 nitrogen and oxygen atoms in total. The lowest BCUT2D eigenvalue weighted by atomic mass is 10.2. The molecule has 2 aromatic rings. The standard InChI is InChI=1S/C17H17BrFN3O/c1-2-16(21-14-9-7-13(18)8-10-14)17(23)22-20-11-12-5-3-4-6-15(12)19/h3-11,16,21H,2H2,1H3,(H,22,23)/b20-11-/t16-/m1/s1. The maximum absolute atomic E-state index is 13.4. The third-order valence-corrected chi connectivity index (χ3v) is 3.72. The van der Waals surface area contributed by atoms with E-state index >= 15 is 0 Å². The molecule has 0 fully saturated rings. The van der Waals surface area contributed by atoms with Crippen LogP contribution in [-0.4, -0.2) is 18.2 Å². The minimum absolute atomic E-state index is 0.275. The smallest absolute Gasteiger partial charge is 0.262 e. The van der Waals surface area contributed by atoms with Crippen LogP contribution in [-0.2, 0) is 4.79 Å². The third kappa shape index (κ3) is 5.17. The van der Waals surface area contributed by atoms with Crippen LogP contribution in [0.1, 0.15) is 18.9 Å². The van der Waals surface area contributed by atoms with Crippen molar-refractivity contribution in [3.8, 4) is 0 Å². The largest absolute Gasteiger partial charge is 0.374 e. The quantitative estimate of drug-likeness (QED) is 0.591. The second kappa shape index (κ2) is 8.43. The zero-order chi connectivity index (χ0) is 16.7. The maximum atomic E-state index is 13.4. The average molecular weight is 378 g/mol.